The van der Waals surface area contributed by atoms with Gasteiger partial charge < -0.3 is 98.3 Å². The molecule has 3 fully saturated rings. The van der Waals surface area contributed by atoms with Gasteiger partial charge in [0, 0.05) is 31.7 Å². The SMILES string of the molecule is C#CCCCCO[C@@H]1[C@@H](O[C@H]2O[C@H](CO)[C@@H](O)[C@H](N)[C@H]2O)[C@H](N)C[C@H](N)[C@H]1O[C@H]1O[C@H](CN)[C@@H](O)C[C@H]1N.O=C(O)C(F)(F)F.O=C(O)C(F)(F)F.O=C(O)C(F)(F)F.O=C(O)C(F)(F)F.O=C(O)C(F)(F)F. The van der Waals surface area contributed by atoms with E-state index in [2.05, 4.69) is 5.92 Å². The summed E-state index contributed by atoms with van der Waals surface area (Å²) in [5.41, 5.74) is 30.8. The van der Waals surface area contributed by atoms with Crippen molar-refractivity contribution >= 4 is 29.8 Å². The minimum Gasteiger partial charge on any atom is -0.475 e. The van der Waals surface area contributed by atoms with Crippen LogP contribution in [0.5, 0.6) is 0 Å². The van der Waals surface area contributed by atoms with Crippen LogP contribution in [0.2, 0.25) is 0 Å². The summed E-state index contributed by atoms with van der Waals surface area (Å²) in [6, 6.07) is -3.02. The number of carboxylic acids is 5. The second-order valence-electron chi connectivity index (χ2n) is 14.3. The summed E-state index contributed by atoms with van der Waals surface area (Å²) >= 11 is 0. The van der Waals surface area contributed by atoms with Crippen molar-refractivity contribution in [3.63, 3.8) is 0 Å². The third-order valence-corrected chi connectivity index (χ3v) is 8.63. The topological polar surface area (TPSA) is 444 Å². The average Bonchev–Trinajstić information content (AvgIpc) is 3.23. The number of hydrogen-bond acceptors (Lipinski definition) is 19. The molecule has 0 aromatic heterocycles. The van der Waals surface area contributed by atoms with Crippen LogP contribution in [0, 0.1) is 12.3 Å². The third-order valence-electron chi connectivity index (χ3n) is 8.63. The summed E-state index contributed by atoms with van der Waals surface area (Å²) in [7, 11) is 0. The van der Waals surface area contributed by atoms with Gasteiger partial charge in [0.05, 0.1) is 30.9 Å². The highest BCUT2D eigenvalue weighted by Gasteiger charge is 2.51. The van der Waals surface area contributed by atoms with E-state index in [1.54, 1.807) is 0 Å². The Labute approximate surface area is 398 Å². The van der Waals surface area contributed by atoms with Crippen molar-refractivity contribution in [3.05, 3.63) is 0 Å². The van der Waals surface area contributed by atoms with Crippen molar-refractivity contribution in [2.75, 3.05) is 19.8 Å². The van der Waals surface area contributed by atoms with Gasteiger partial charge in [-0.1, -0.05) is 0 Å². The summed E-state index contributed by atoms with van der Waals surface area (Å²) in [5.74, 6) is -11.2. The van der Waals surface area contributed by atoms with Crippen LogP contribution in [0.1, 0.15) is 32.1 Å². The van der Waals surface area contributed by atoms with Crippen molar-refractivity contribution in [3.8, 4) is 12.3 Å². The maximum absolute atomic E-state index is 10.6. The molecule has 0 unspecified atom stereocenters. The Balaban J connectivity index is -0.00000112. The first-order valence-electron chi connectivity index (χ1n) is 19.4. The lowest BCUT2D eigenvalue weighted by Crippen LogP contribution is -2.68. The number of halogens is 15. The number of carbonyl (C=O) groups is 5. The van der Waals surface area contributed by atoms with Gasteiger partial charge in [0.1, 0.15) is 36.6 Å². The molecule has 3 aliphatic rings. The number of unbranched alkanes of at least 4 members (excludes halogenated alkanes) is 2. The first kappa shape index (κ1) is 72.5. The zero-order valence-corrected chi connectivity index (χ0v) is 36.5. The molecule has 19 N–H and O–H groups in total. The van der Waals surface area contributed by atoms with Gasteiger partial charge in [-0.15, -0.1) is 12.3 Å². The molecule has 0 aromatic rings. The van der Waals surface area contributed by atoms with E-state index in [0.717, 1.165) is 6.42 Å². The Kier molecular flexibility index (Phi) is 31.7. The van der Waals surface area contributed by atoms with E-state index < -0.39 is 153 Å². The molecule has 0 aromatic carbocycles. The zero-order valence-electron chi connectivity index (χ0n) is 36.5. The number of ether oxygens (including phenoxy) is 5. The molecule has 2 saturated heterocycles. The third kappa shape index (κ3) is 28.5. The predicted molar refractivity (Wildman–Crippen MR) is 203 cm³/mol. The summed E-state index contributed by atoms with van der Waals surface area (Å²) in [4.78, 5) is 44.5. The quantitative estimate of drug-likeness (QED) is 0.0649. The monoisotopic (exact) mass is 1120 g/mol. The minimum atomic E-state index is -5.08. The van der Waals surface area contributed by atoms with Gasteiger partial charge in [-0.2, -0.15) is 65.9 Å². The highest BCUT2D eigenvalue weighted by Crippen LogP contribution is 2.33. The lowest BCUT2D eigenvalue weighted by Gasteiger charge is -2.49. The van der Waals surface area contributed by atoms with Gasteiger partial charge in [0.15, 0.2) is 12.6 Å². The van der Waals surface area contributed by atoms with Crippen molar-refractivity contribution in [1.29, 1.82) is 0 Å². The number of aliphatic carboxylic acids is 5. The first-order chi connectivity index (χ1) is 32.8. The van der Waals surface area contributed by atoms with E-state index in [1.807, 2.05) is 0 Å². The highest BCUT2D eigenvalue weighted by atomic mass is 19.4. The lowest BCUT2D eigenvalue weighted by atomic mass is 9.84. The molecule has 1 saturated carbocycles. The Morgan fingerprint density at radius 2 is 0.890 bits per heavy atom. The molecule has 14 atom stereocenters. The Morgan fingerprint density at radius 3 is 1.21 bits per heavy atom. The van der Waals surface area contributed by atoms with E-state index in [1.165, 1.54) is 0 Å². The van der Waals surface area contributed by atoms with Crippen molar-refractivity contribution in [2.24, 2.45) is 28.7 Å². The van der Waals surface area contributed by atoms with E-state index >= 15 is 0 Å². The molecule has 39 heteroatoms. The zero-order chi connectivity index (χ0) is 58.4. The Bertz CT molecular complexity index is 1580. The van der Waals surface area contributed by atoms with Crippen LogP contribution >= 0.6 is 0 Å². The lowest BCUT2D eigenvalue weighted by molar-refractivity contribution is -0.318. The van der Waals surface area contributed by atoms with E-state index in [9.17, 15) is 86.3 Å². The molecule has 0 radical (unpaired) electrons. The van der Waals surface area contributed by atoms with Gasteiger partial charge >= 0.3 is 60.7 Å². The van der Waals surface area contributed by atoms with Crippen LogP contribution < -0.4 is 28.7 Å². The minimum absolute atomic E-state index is 0.0746. The molecule has 2 aliphatic heterocycles. The fourth-order valence-electron chi connectivity index (χ4n) is 5.14. The molecule has 73 heavy (non-hydrogen) atoms. The smallest absolute Gasteiger partial charge is 0.475 e. The molecule has 0 amide bonds. The molecule has 0 spiro atoms. The molecule has 0 bridgehead atoms. The standard InChI is InChI=1S/C24H45N5O9.5C2HF3O2/c1-2-3-4-5-6-34-22-20(37-23-13(28)8-14(31)15(9-25)35-23)11(26)7-12(27)21(22)38-24-19(33)17(29)18(32)16(10-30)36-24;5*3-2(4,5)1(6)7/h1,11-24,30-33H,3-10,25-29H2;5*(H,6,7)/t11-,12+,13+,14-,15+,16+,17-,18+,19+,20+,21-,22-,23+,24+;;;;;/m0...../s1. The van der Waals surface area contributed by atoms with Gasteiger partial charge in [-0.25, -0.2) is 24.0 Å². The van der Waals surface area contributed by atoms with E-state index in [-0.39, 0.29) is 19.4 Å². The Morgan fingerprint density at radius 1 is 0.548 bits per heavy atom. The second kappa shape index (κ2) is 31.9. The molecule has 24 nitrogen and oxygen atoms in total. The van der Waals surface area contributed by atoms with Crippen LogP contribution in [-0.2, 0) is 47.7 Å². The van der Waals surface area contributed by atoms with Gasteiger partial charge in [-0.3, -0.25) is 0 Å². The summed E-state index contributed by atoms with van der Waals surface area (Å²) in [6.07, 6.45) is -27.6. The fourth-order valence-corrected chi connectivity index (χ4v) is 5.14. The number of rotatable bonds is 11. The van der Waals surface area contributed by atoms with Gasteiger partial charge in [0.2, 0.25) is 0 Å². The van der Waals surface area contributed by atoms with Crippen molar-refractivity contribution in [2.45, 2.75) is 149 Å². The van der Waals surface area contributed by atoms with Crippen LogP contribution in [-0.4, -0.2) is 212 Å². The van der Waals surface area contributed by atoms with Crippen LogP contribution in [0.3, 0.4) is 0 Å². The summed E-state index contributed by atoms with van der Waals surface area (Å²) < 4.78 is 189. The largest absolute Gasteiger partial charge is 0.490 e. The number of aliphatic hydroxyl groups excluding tert-OH is 4. The van der Waals surface area contributed by atoms with Crippen LogP contribution in [0.15, 0.2) is 0 Å². The highest BCUT2D eigenvalue weighted by molar-refractivity contribution is 5.74. The number of terminal acetylenes is 1. The molecular weight excluding hydrogens is 1070 g/mol. The predicted octanol–water partition coefficient (Wildman–Crippen LogP) is -1.30. The maximum Gasteiger partial charge on any atom is 0.490 e. The molecule has 1 aliphatic carbocycles. The van der Waals surface area contributed by atoms with Crippen LogP contribution in [0.4, 0.5) is 65.9 Å². The molecule has 430 valence electrons. The molecular formula is C34H50F15N5O19. The molecule has 3 rings (SSSR count). The fraction of sp³-hybridized carbons (Fsp3) is 0.794. The van der Waals surface area contributed by atoms with Crippen LogP contribution in [0.25, 0.3) is 0 Å². The first-order valence-corrected chi connectivity index (χ1v) is 19.4. The van der Waals surface area contributed by atoms with Gasteiger partial charge in [-0.05, 0) is 25.7 Å². The number of aliphatic hydroxyl groups is 4. The maximum atomic E-state index is 10.6. The van der Waals surface area contributed by atoms with Crippen molar-refractivity contribution in [1.82, 2.24) is 0 Å². The average molecular weight is 1120 g/mol. The number of nitrogens with two attached hydrogens (primary N) is 5. The van der Waals surface area contributed by atoms with Gasteiger partial charge in [0.25, 0.3) is 0 Å². The number of hydrogen-bond donors (Lipinski definition) is 14. The summed E-state index contributed by atoms with van der Waals surface area (Å²) in [5, 5.41) is 76.3. The number of carboxylic acid groups (broad SMARTS) is 5. The molecule has 2 heterocycles. The normalized spacial score (nSPS) is 29.4. The van der Waals surface area contributed by atoms with E-state index in [4.69, 9.17) is 108 Å². The number of alkyl halides is 15. The Hall–Kier alpha value is -4.70. The van der Waals surface area contributed by atoms with Crippen molar-refractivity contribution < 1.29 is 159 Å². The summed E-state index contributed by atoms with van der Waals surface area (Å²) in [6.45, 7) is -0.168. The van der Waals surface area contributed by atoms with E-state index in [0.29, 0.717) is 19.4 Å². The second-order valence-corrected chi connectivity index (χ2v) is 14.3.